The van der Waals surface area contributed by atoms with Crippen molar-refractivity contribution < 1.29 is 18.6 Å². The summed E-state index contributed by atoms with van der Waals surface area (Å²) >= 11 is 0. The minimum absolute atomic E-state index is 0.0824. The van der Waals surface area contributed by atoms with Crippen molar-refractivity contribution in [3.63, 3.8) is 0 Å². The summed E-state index contributed by atoms with van der Waals surface area (Å²) in [5.74, 6) is 0. The standard InChI is InChI=1S/C33H44O4Si/c1-7-30(34-23-27-17-11-8-12-18-27)32(36-25-29-21-15-10-16-22-29)31(26-37-38(5,6)33(2,3)4)35-24-28-19-13-9-14-20-28/h7-22,30-32H,1,23-26H2,2-6H3/t30-,31+,32+/m0/s1. The highest BCUT2D eigenvalue weighted by molar-refractivity contribution is 6.74. The van der Waals surface area contributed by atoms with E-state index in [0.29, 0.717) is 26.4 Å². The Hall–Kier alpha value is -2.54. The van der Waals surface area contributed by atoms with Crippen molar-refractivity contribution in [2.45, 2.75) is 77.0 Å². The first-order valence-corrected chi connectivity index (χ1v) is 16.3. The van der Waals surface area contributed by atoms with Crippen molar-refractivity contribution in [1.82, 2.24) is 0 Å². The van der Waals surface area contributed by atoms with Gasteiger partial charge in [-0.3, -0.25) is 0 Å². The minimum Gasteiger partial charge on any atom is -0.414 e. The molecule has 0 spiro atoms. The van der Waals surface area contributed by atoms with Crippen LogP contribution in [0.4, 0.5) is 0 Å². The number of hydrogen-bond donors (Lipinski definition) is 0. The van der Waals surface area contributed by atoms with Crippen LogP contribution in [-0.4, -0.2) is 33.2 Å². The van der Waals surface area contributed by atoms with Gasteiger partial charge in [0, 0.05) is 0 Å². The van der Waals surface area contributed by atoms with Gasteiger partial charge in [-0.1, -0.05) is 118 Å². The molecule has 3 aromatic carbocycles. The summed E-state index contributed by atoms with van der Waals surface area (Å²) in [6.45, 7) is 17.1. The lowest BCUT2D eigenvalue weighted by Gasteiger charge is -2.39. The van der Waals surface area contributed by atoms with Crippen molar-refractivity contribution in [2.24, 2.45) is 0 Å². The Morgan fingerprint density at radius 2 is 1.11 bits per heavy atom. The van der Waals surface area contributed by atoms with Crippen molar-refractivity contribution in [2.75, 3.05) is 6.61 Å². The second-order valence-corrected chi connectivity index (χ2v) is 16.0. The highest BCUT2D eigenvalue weighted by Crippen LogP contribution is 2.37. The van der Waals surface area contributed by atoms with Crippen LogP contribution in [0.25, 0.3) is 0 Å². The zero-order chi connectivity index (χ0) is 27.4. The number of ether oxygens (including phenoxy) is 3. The van der Waals surface area contributed by atoms with Crippen LogP contribution in [0.2, 0.25) is 18.1 Å². The van der Waals surface area contributed by atoms with Gasteiger partial charge in [0.15, 0.2) is 8.32 Å². The lowest BCUT2D eigenvalue weighted by molar-refractivity contribution is -0.148. The van der Waals surface area contributed by atoms with Gasteiger partial charge in [-0.05, 0) is 34.8 Å². The van der Waals surface area contributed by atoms with E-state index in [1.165, 1.54) is 0 Å². The Labute approximate surface area is 230 Å². The lowest BCUT2D eigenvalue weighted by atomic mass is 10.1. The van der Waals surface area contributed by atoms with Gasteiger partial charge in [-0.15, -0.1) is 6.58 Å². The molecule has 0 aromatic heterocycles. The molecule has 0 heterocycles. The van der Waals surface area contributed by atoms with E-state index in [4.69, 9.17) is 18.6 Å². The molecule has 0 aliphatic carbocycles. The van der Waals surface area contributed by atoms with Gasteiger partial charge in [0.05, 0.1) is 26.4 Å². The van der Waals surface area contributed by atoms with Gasteiger partial charge in [-0.2, -0.15) is 0 Å². The van der Waals surface area contributed by atoms with Crippen molar-refractivity contribution in [3.8, 4) is 0 Å². The second kappa shape index (κ2) is 14.6. The van der Waals surface area contributed by atoms with Gasteiger partial charge in [0.1, 0.15) is 18.3 Å². The fraction of sp³-hybridized carbons (Fsp3) is 0.394. The van der Waals surface area contributed by atoms with E-state index in [1.54, 1.807) is 0 Å². The van der Waals surface area contributed by atoms with E-state index in [1.807, 2.05) is 60.7 Å². The Morgan fingerprint density at radius 1 is 0.684 bits per heavy atom. The molecular formula is C33H44O4Si. The summed E-state index contributed by atoms with van der Waals surface area (Å²) in [6.07, 6.45) is 0.670. The maximum Gasteiger partial charge on any atom is 0.192 e. The normalized spacial score (nSPS) is 14.6. The Balaban J connectivity index is 1.85. The summed E-state index contributed by atoms with van der Waals surface area (Å²) in [5, 5.41) is 0.0824. The monoisotopic (exact) mass is 532 g/mol. The smallest absolute Gasteiger partial charge is 0.192 e. The summed E-state index contributed by atoms with van der Waals surface area (Å²) < 4.78 is 26.2. The maximum atomic E-state index is 6.68. The molecule has 0 bridgehead atoms. The summed E-state index contributed by atoms with van der Waals surface area (Å²) in [7, 11) is -2.03. The number of hydrogen-bond acceptors (Lipinski definition) is 4. The van der Waals surface area contributed by atoms with Gasteiger partial charge >= 0.3 is 0 Å². The molecule has 0 aliphatic heterocycles. The molecule has 4 nitrogen and oxygen atoms in total. The van der Waals surface area contributed by atoms with E-state index >= 15 is 0 Å². The fourth-order valence-electron chi connectivity index (χ4n) is 3.77. The molecule has 0 radical (unpaired) electrons. The molecular weight excluding hydrogens is 488 g/mol. The molecule has 3 aromatic rings. The van der Waals surface area contributed by atoms with Crippen LogP contribution in [0.1, 0.15) is 37.5 Å². The molecule has 204 valence electrons. The molecule has 0 aliphatic rings. The SMILES string of the molecule is C=C[C@H](OCc1ccccc1)[C@@H](OCc1ccccc1)[C@@H](CO[Si](C)(C)C(C)(C)C)OCc1ccccc1. The van der Waals surface area contributed by atoms with E-state index in [2.05, 4.69) is 76.8 Å². The molecule has 0 saturated carbocycles. The average Bonchev–Trinajstić information content (AvgIpc) is 2.92. The van der Waals surface area contributed by atoms with Crippen LogP contribution in [0.15, 0.2) is 104 Å². The summed E-state index contributed by atoms with van der Waals surface area (Å²) in [4.78, 5) is 0. The first-order chi connectivity index (χ1) is 18.2. The van der Waals surface area contributed by atoms with E-state index in [-0.39, 0.29) is 17.2 Å². The predicted molar refractivity (Wildman–Crippen MR) is 158 cm³/mol. The molecule has 0 amide bonds. The van der Waals surface area contributed by atoms with Crippen molar-refractivity contribution in [1.29, 1.82) is 0 Å². The quantitative estimate of drug-likeness (QED) is 0.147. The maximum absolute atomic E-state index is 6.68. The van der Waals surface area contributed by atoms with Crippen LogP contribution in [0.5, 0.6) is 0 Å². The zero-order valence-electron chi connectivity index (χ0n) is 23.6. The Kier molecular flexibility index (Phi) is 11.5. The van der Waals surface area contributed by atoms with Crippen molar-refractivity contribution in [3.05, 3.63) is 120 Å². The summed E-state index contributed by atoms with van der Waals surface area (Å²) in [6, 6.07) is 30.6. The van der Waals surface area contributed by atoms with Crippen LogP contribution in [0.3, 0.4) is 0 Å². The third-order valence-corrected chi connectivity index (χ3v) is 11.7. The van der Waals surface area contributed by atoms with Gasteiger partial charge in [-0.25, -0.2) is 0 Å². The first-order valence-electron chi connectivity index (χ1n) is 13.4. The molecule has 5 heteroatoms. The van der Waals surface area contributed by atoms with Crippen LogP contribution >= 0.6 is 0 Å². The van der Waals surface area contributed by atoms with Gasteiger partial charge in [0.2, 0.25) is 0 Å². The number of rotatable bonds is 15. The average molecular weight is 533 g/mol. The molecule has 0 unspecified atom stereocenters. The molecule has 3 atom stereocenters. The first kappa shape index (κ1) is 30.0. The zero-order valence-corrected chi connectivity index (χ0v) is 24.6. The van der Waals surface area contributed by atoms with E-state index < -0.39 is 14.4 Å². The minimum atomic E-state index is -2.03. The van der Waals surface area contributed by atoms with E-state index in [0.717, 1.165) is 16.7 Å². The third-order valence-electron chi connectivity index (χ3n) is 7.21. The van der Waals surface area contributed by atoms with Crippen molar-refractivity contribution >= 4 is 8.32 Å². The molecule has 3 rings (SSSR count). The molecule has 0 N–H and O–H groups in total. The number of benzene rings is 3. The van der Waals surface area contributed by atoms with Gasteiger partial charge in [0.25, 0.3) is 0 Å². The van der Waals surface area contributed by atoms with Crippen LogP contribution < -0.4 is 0 Å². The summed E-state index contributed by atoms with van der Waals surface area (Å²) in [5.41, 5.74) is 3.29. The fourth-order valence-corrected chi connectivity index (χ4v) is 4.78. The Bertz CT molecular complexity index is 1060. The van der Waals surface area contributed by atoms with Crippen LogP contribution in [-0.2, 0) is 38.5 Å². The largest absolute Gasteiger partial charge is 0.414 e. The second-order valence-electron chi connectivity index (χ2n) is 11.2. The Morgan fingerprint density at radius 3 is 1.53 bits per heavy atom. The molecule has 0 fully saturated rings. The van der Waals surface area contributed by atoms with Gasteiger partial charge < -0.3 is 18.6 Å². The lowest BCUT2D eigenvalue weighted by Crippen LogP contribution is -2.48. The molecule has 38 heavy (non-hydrogen) atoms. The molecule has 0 saturated heterocycles. The van der Waals surface area contributed by atoms with Crippen LogP contribution in [0, 0.1) is 0 Å². The highest BCUT2D eigenvalue weighted by Gasteiger charge is 2.39. The third kappa shape index (κ3) is 9.33. The highest BCUT2D eigenvalue weighted by atomic mass is 28.4. The topological polar surface area (TPSA) is 36.9 Å². The van der Waals surface area contributed by atoms with E-state index in [9.17, 15) is 0 Å². The predicted octanol–water partition coefficient (Wildman–Crippen LogP) is 7.95.